The molecule has 0 aliphatic heterocycles. The van der Waals surface area contributed by atoms with Gasteiger partial charge in [-0.2, -0.15) is 0 Å². The van der Waals surface area contributed by atoms with E-state index in [9.17, 15) is 10.2 Å². The molecule has 0 saturated heterocycles. The van der Waals surface area contributed by atoms with Gasteiger partial charge in [-0.15, -0.1) is 13.2 Å². The molecule has 17 heavy (non-hydrogen) atoms. The maximum atomic E-state index is 9.77. The van der Waals surface area contributed by atoms with E-state index in [0.717, 1.165) is 38.9 Å². The van der Waals surface area contributed by atoms with Crippen molar-refractivity contribution in [1.82, 2.24) is 0 Å². The van der Waals surface area contributed by atoms with Crippen molar-refractivity contribution in [3.63, 3.8) is 0 Å². The third-order valence-corrected chi connectivity index (χ3v) is 1.74. The largest absolute Gasteiger partial charge is 2.00 e. The van der Waals surface area contributed by atoms with Crippen molar-refractivity contribution in [3.05, 3.63) is 0 Å². The molecule has 0 heterocycles. The van der Waals surface area contributed by atoms with Gasteiger partial charge in [0.15, 0.2) is 0 Å². The van der Waals surface area contributed by atoms with E-state index in [-0.39, 0.29) is 62.1 Å². The monoisotopic (exact) mass is 372 g/mol. The summed E-state index contributed by atoms with van der Waals surface area (Å²) in [6, 6.07) is 0. The summed E-state index contributed by atoms with van der Waals surface area (Å²) in [5.74, 6) is 0. The topological polar surface area (TPSA) is 64.6 Å². The van der Waals surface area contributed by atoms with Crippen LogP contribution in [0.4, 0.5) is 0 Å². The molecule has 0 spiro atoms. The molecule has 0 amide bonds. The maximum Gasteiger partial charge on any atom is 2.00 e. The number of hydrogen-bond donors (Lipinski definition) is 0. The predicted molar refractivity (Wildman–Crippen MR) is 66.9 cm³/mol. The van der Waals surface area contributed by atoms with Gasteiger partial charge in [-0.25, -0.2) is 0 Å². The molecule has 5 heteroatoms. The van der Waals surface area contributed by atoms with Crippen LogP contribution in [-0.2, 0) is 9.47 Å². The third kappa shape index (κ3) is 31.8. The summed E-state index contributed by atoms with van der Waals surface area (Å²) in [5.41, 5.74) is 0. The molecule has 100 valence electrons. The zero-order valence-corrected chi connectivity index (χ0v) is 15.9. The Labute approximate surface area is 146 Å². The second kappa shape index (κ2) is 26.1. The molecule has 0 rings (SSSR count). The van der Waals surface area contributed by atoms with Crippen molar-refractivity contribution < 1.29 is 19.7 Å². The molecular formula is C12H26BaO4. The first-order valence-corrected chi connectivity index (χ1v) is 6.15. The summed E-state index contributed by atoms with van der Waals surface area (Å²) in [6.07, 6.45) is 4.41. The van der Waals surface area contributed by atoms with Crippen molar-refractivity contribution in [2.75, 3.05) is 39.6 Å². The minimum absolute atomic E-state index is 0. The Morgan fingerprint density at radius 3 is 1.29 bits per heavy atom. The van der Waals surface area contributed by atoms with Crippen LogP contribution in [-0.4, -0.2) is 88.5 Å². The smallest absolute Gasteiger partial charge is 0.853 e. The minimum Gasteiger partial charge on any atom is -0.853 e. The van der Waals surface area contributed by atoms with Crippen LogP contribution in [0.25, 0.3) is 0 Å². The molecule has 0 aromatic carbocycles. The van der Waals surface area contributed by atoms with Gasteiger partial charge in [-0.1, -0.05) is 26.7 Å². The molecule has 0 saturated carbocycles. The average molecular weight is 372 g/mol. The molecule has 0 atom stereocenters. The van der Waals surface area contributed by atoms with Gasteiger partial charge in [-0.3, -0.25) is 0 Å². The molecule has 0 aromatic rings. The van der Waals surface area contributed by atoms with E-state index in [0.29, 0.717) is 13.2 Å². The van der Waals surface area contributed by atoms with Gasteiger partial charge in [0.2, 0.25) is 0 Å². The maximum absolute atomic E-state index is 9.77. The van der Waals surface area contributed by atoms with Crippen LogP contribution < -0.4 is 10.2 Å². The standard InChI is InChI=1S/2C6H13O2.Ba/c2*1-2-3-5-8-6-4-7;/h2*2-6H2,1H3;/q2*-1;+2. The van der Waals surface area contributed by atoms with Crippen molar-refractivity contribution in [2.24, 2.45) is 0 Å². The first-order chi connectivity index (χ1) is 7.83. The molecule has 0 aliphatic rings. The fourth-order valence-corrected chi connectivity index (χ4v) is 0.815. The minimum atomic E-state index is -0.107. The fourth-order valence-electron chi connectivity index (χ4n) is 0.815. The normalized spacial score (nSPS) is 9.18. The second-order valence-corrected chi connectivity index (χ2v) is 3.34. The predicted octanol–water partition coefficient (Wildman–Crippen LogP) is -0.0540. The molecule has 0 bridgehead atoms. The Morgan fingerprint density at radius 1 is 0.706 bits per heavy atom. The Bertz CT molecular complexity index is 80.5. The molecule has 0 aliphatic carbocycles. The Kier molecular flexibility index (Phi) is 36.0. The van der Waals surface area contributed by atoms with Crippen molar-refractivity contribution in [1.29, 1.82) is 0 Å². The number of hydrogen-bond acceptors (Lipinski definition) is 4. The van der Waals surface area contributed by atoms with E-state index in [2.05, 4.69) is 13.8 Å². The zero-order valence-electron chi connectivity index (χ0n) is 11.4. The number of rotatable bonds is 10. The van der Waals surface area contributed by atoms with E-state index < -0.39 is 0 Å². The first-order valence-electron chi connectivity index (χ1n) is 6.15. The Balaban J connectivity index is -0.000000218. The van der Waals surface area contributed by atoms with Crippen LogP contribution in [0.5, 0.6) is 0 Å². The van der Waals surface area contributed by atoms with Gasteiger partial charge in [-0.05, 0) is 12.8 Å². The molecular weight excluding hydrogens is 345 g/mol. The van der Waals surface area contributed by atoms with Crippen molar-refractivity contribution >= 4 is 48.9 Å². The van der Waals surface area contributed by atoms with Gasteiger partial charge in [0.1, 0.15) is 0 Å². The Hall–Kier alpha value is 1.41. The summed E-state index contributed by atoms with van der Waals surface area (Å²) in [6.45, 7) is 6.23. The first kappa shape index (κ1) is 23.5. The SMILES string of the molecule is CCCCOCC[O-].CCCCOCC[O-].[Ba+2]. The van der Waals surface area contributed by atoms with Crippen molar-refractivity contribution in [2.45, 2.75) is 39.5 Å². The molecule has 4 nitrogen and oxygen atoms in total. The summed E-state index contributed by atoms with van der Waals surface area (Å²) in [4.78, 5) is 0. The van der Waals surface area contributed by atoms with Crippen LogP contribution in [0.1, 0.15) is 39.5 Å². The van der Waals surface area contributed by atoms with Crippen LogP contribution >= 0.6 is 0 Å². The van der Waals surface area contributed by atoms with Crippen LogP contribution in [0.3, 0.4) is 0 Å². The summed E-state index contributed by atoms with van der Waals surface area (Å²) in [7, 11) is 0. The van der Waals surface area contributed by atoms with Gasteiger partial charge in [0, 0.05) is 26.4 Å². The zero-order chi connectivity index (χ0) is 12.5. The van der Waals surface area contributed by atoms with Crippen molar-refractivity contribution in [3.8, 4) is 0 Å². The van der Waals surface area contributed by atoms with Crippen LogP contribution in [0.15, 0.2) is 0 Å². The Morgan fingerprint density at radius 2 is 1.06 bits per heavy atom. The van der Waals surface area contributed by atoms with E-state index in [1.54, 1.807) is 0 Å². The van der Waals surface area contributed by atoms with E-state index >= 15 is 0 Å². The van der Waals surface area contributed by atoms with Gasteiger partial charge in [0.25, 0.3) is 0 Å². The molecule has 0 fully saturated rings. The average Bonchev–Trinajstić information content (AvgIpc) is 2.31. The molecule has 0 radical (unpaired) electrons. The molecule has 0 aromatic heterocycles. The van der Waals surface area contributed by atoms with E-state index in [4.69, 9.17) is 9.47 Å². The number of ether oxygens (including phenoxy) is 2. The fraction of sp³-hybridized carbons (Fsp3) is 1.00. The van der Waals surface area contributed by atoms with E-state index in [1.807, 2.05) is 0 Å². The van der Waals surface area contributed by atoms with E-state index in [1.165, 1.54) is 0 Å². The van der Waals surface area contributed by atoms with Gasteiger partial charge in [0.05, 0.1) is 0 Å². The van der Waals surface area contributed by atoms with Gasteiger partial charge >= 0.3 is 48.9 Å². The molecule has 0 N–H and O–H groups in total. The second-order valence-electron chi connectivity index (χ2n) is 3.34. The molecule has 0 unspecified atom stereocenters. The van der Waals surface area contributed by atoms with Crippen LogP contribution in [0.2, 0.25) is 0 Å². The summed E-state index contributed by atoms with van der Waals surface area (Å²) < 4.78 is 9.82. The quantitative estimate of drug-likeness (QED) is 0.399. The summed E-state index contributed by atoms with van der Waals surface area (Å²) in [5, 5.41) is 19.5. The van der Waals surface area contributed by atoms with Crippen LogP contribution in [0, 0.1) is 0 Å². The third-order valence-electron chi connectivity index (χ3n) is 1.74. The summed E-state index contributed by atoms with van der Waals surface area (Å²) >= 11 is 0. The number of unbranched alkanes of at least 4 members (excludes halogenated alkanes) is 2. The van der Waals surface area contributed by atoms with Gasteiger partial charge < -0.3 is 19.7 Å².